The molecule has 1 aliphatic heterocycles. The average Bonchev–Trinajstić information content (AvgIpc) is 2.50. The Bertz CT molecular complexity index is 660. The number of nitrogens with zero attached hydrogens (tertiary/aromatic N) is 1. The van der Waals surface area contributed by atoms with Gasteiger partial charge in [-0.2, -0.15) is 13.2 Å². The summed E-state index contributed by atoms with van der Waals surface area (Å²) in [6.45, 7) is 3.87. The van der Waals surface area contributed by atoms with Crippen LogP contribution in [0.4, 0.5) is 13.2 Å². The van der Waals surface area contributed by atoms with E-state index in [1.165, 1.54) is 25.3 Å². The van der Waals surface area contributed by atoms with Crippen LogP contribution < -0.4 is 4.74 Å². The normalized spacial score (nSPS) is 17.0. The lowest BCUT2D eigenvalue weighted by molar-refractivity contribution is -0.148. The predicted molar refractivity (Wildman–Crippen MR) is 86.0 cm³/mol. The maximum absolute atomic E-state index is 13.2. The molecule has 130 valence electrons. The quantitative estimate of drug-likeness (QED) is 0.459. The Morgan fingerprint density at radius 1 is 1.50 bits per heavy atom. The van der Waals surface area contributed by atoms with Gasteiger partial charge in [-0.3, -0.25) is 0 Å². The van der Waals surface area contributed by atoms with Gasteiger partial charge in [-0.15, -0.1) is 0 Å². The number of esters is 1. The zero-order valence-electron chi connectivity index (χ0n) is 12.9. The van der Waals surface area contributed by atoms with E-state index in [0.717, 1.165) is 6.07 Å². The lowest BCUT2D eigenvalue weighted by Crippen LogP contribution is -2.55. The maximum Gasteiger partial charge on any atom is 0.419 e. The molecule has 1 unspecified atom stereocenters. The number of methoxy groups -OCH3 is 1. The molecule has 0 bridgehead atoms. The molecule has 1 aromatic rings. The Balaban J connectivity index is 2.29. The van der Waals surface area contributed by atoms with Crippen molar-refractivity contribution in [1.29, 1.82) is 0 Å². The van der Waals surface area contributed by atoms with Crippen LogP contribution in [0.25, 0.3) is 0 Å². The highest BCUT2D eigenvalue weighted by Gasteiger charge is 2.39. The summed E-state index contributed by atoms with van der Waals surface area (Å²) in [7, 11) is 1.26. The van der Waals surface area contributed by atoms with Gasteiger partial charge in [-0.25, -0.2) is 4.79 Å². The fourth-order valence-electron chi connectivity index (χ4n) is 2.34. The molecule has 4 nitrogen and oxygen atoms in total. The van der Waals surface area contributed by atoms with Crippen molar-refractivity contribution in [2.75, 3.05) is 20.3 Å². The minimum atomic E-state index is -4.58. The van der Waals surface area contributed by atoms with E-state index in [1.807, 2.05) is 0 Å². The highest BCUT2D eigenvalue weighted by Crippen LogP contribution is 2.37. The third-order valence-corrected chi connectivity index (χ3v) is 4.11. The molecule has 0 spiro atoms. The number of benzene rings is 1. The first-order chi connectivity index (χ1) is 11.3. The molecular formula is C16H16F3NO3S. The number of ether oxygens (including phenoxy) is 2. The van der Waals surface area contributed by atoms with Crippen LogP contribution in [-0.4, -0.2) is 42.2 Å². The number of hydrogen-bond donors (Lipinski definition) is 0. The Hall–Kier alpha value is -2.09. The van der Waals surface area contributed by atoms with E-state index < -0.39 is 23.8 Å². The molecular weight excluding hydrogens is 343 g/mol. The van der Waals surface area contributed by atoms with Crippen LogP contribution in [0.1, 0.15) is 17.5 Å². The lowest BCUT2D eigenvalue weighted by atomic mass is 10.0. The topological polar surface area (TPSA) is 38.8 Å². The fraction of sp³-hybridized carbons (Fsp3) is 0.375. The molecule has 0 aliphatic carbocycles. The van der Waals surface area contributed by atoms with Crippen molar-refractivity contribution in [2.45, 2.75) is 18.6 Å². The molecule has 0 saturated carbocycles. The molecule has 1 fully saturated rings. The van der Waals surface area contributed by atoms with Gasteiger partial charge < -0.3 is 14.4 Å². The van der Waals surface area contributed by atoms with Crippen LogP contribution in [0.2, 0.25) is 0 Å². The van der Waals surface area contributed by atoms with E-state index in [2.05, 4.69) is 11.3 Å². The molecule has 0 aromatic heterocycles. The summed E-state index contributed by atoms with van der Waals surface area (Å²) in [4.78, 5) is 13.3. The summed E-state index contributed by atoms with van der Waals surface area (Å²) >= 11 is 5.24. The van der Waals surface area contributed by atoms with Crippen LogP contribution in [0.3, 0.4) is 0 Å². The standard InChI is InChI=1S/C16H16F3NO3S/c1-3-8-23-13-5-4-10(9-11(13)16(17,18)19)14(24)20-7-6-12(20)15(21)22-2/h3-5,9,12H,1,6-8H2,2H3. The van der Waals surface area contributed by atoms with Gasteiger partial charge in [0.25, 0.3) is 0 Å². The lowest BCUT2D eigenvalue weighted by Gasteiger charge is -2.40. The van der Waals surface area contributed by atoms with Crippen LogP contribution in [0.5, 0.6) is 5.75 Å². The Morgan fingerprint density at radius 3 is 2.71 bits per heavy atom. The summed E-state index contributed by atoms with van der Waals surface area (Å²) in [5, 5.41) is 0. The molecule has 1 saturated heterocycles. The van der Waals surface area contributed by atoms with Gasteiger partial charge in [0.2, 0.25) is 0 Å². The van der Waals surface area contributed by atoms with E-state index in [4.69, 9.17) is 17.0 Å². The Morgan fingerprint density at radius 2 is 2.21 bits per heavy atom. The second-order valence-corrected chi connectivity index (χ2v) is 5.52. The third-order valence-electron chi connectivity index (χ3n) is 3.64. The fourth-order valence-corrected chi connectivity index (χ4v) is 2.68. The molecule has 2 rings (SSSR count). The summed E-state index contributed by atoms with van der Waals surface area (Å²) in [5.41, 5.74) is -0.712. The Labute approximate surface area is 142 Å². The average molecular weight is 359 g/mol. The zero-order valence-corrected chi connectivity index (χ0v) is 13.7. The van der Waals surface area contributed by atoms with E-state index in [-0.39, 0.29) is 22.9 Å². The highest BCUT2D eigenvalue weighted by molar-refractivity contribution is 7.80. The first-order valence-corrected chi connectivity index (χ1v) is 7.54. The molecule has 0 amide bonds. The first kappa shape index (κ1) is 18.3. The minimum absolute atomic E-state index is 0.0383. The zero-order chi connectivity index (χ0) is 17.9. The van der Waals surface area contributed by atoms with Crippen molar-refractivity contribution in [2.24, 2.45) is 0 Å². The molecule has 0 N–H and O–H groups in total. The summed E-state index contributed by atoms with van der Waals surface area (Å²) in [6.07, 6.45) is -2.67. The van der Waals surface area contributed by atoms with E-state index in [9.17, 15) is 18.0 Å². The predicted octanol–water partition coefficient (Wildman–Crippen LogP) is 3.19. The van der Waals surface area contributed by atoms with Gasteiger partial charge in [-0.1, -0.05) is 24.9 Å². The summed E-state index contributed by atoms with van der Waals surface area (Å²) in [6, 6.07) is 3.06. The second-order valence-electron chi connectivity index (χ2n) is 5.13. The Kier molecular flexibility index (Phi) is 5.48. The van der Waals surface area contributed by atoms with E-state index >= 15 is 0 Å². The van der Waals surface area contributed by atoms with Crippen LogP contribution in [0, 0.1) is 0 Å². The van der Waals surface area contributed by atoms with Gasteiger partial charge in [-0.05, 0) is 24.6 Å². The number of alkyl halides is 3. The van der Waals surface area contributed by atoms with E-state index in [0.29, 0.717) is 13.0 Å². The third kappa shape index (κ3) is 3.69. The van der Waals surface area contributed by atoms with Gasteiger partial charge in [0.05, 0.1) is 12.7 Å². The number of rotatable bonds is 5. The number of hydrogen-bond acceptors (Lipinski definition) is 4. The smallest absolute Gasteiger partial charge is 0.419 e. The monoisotopic (exact) mass is 359 g/mol. The molecule has 1 aliphatic rings. The van der Waals surface area contributed by atoms with Gasteiger partial charge in [0.15, 0.2) is 0 Å². The number of thiocarbonyl (C=S) groups is 1. The maximum atomic E-state index is 13.2. The molecule has 24 heavy (non-hydrogen) atoms. The molecule has 1 aromatic carbocycles. The number of halogens is 3. The van der Waals surface area contributed by atoms with Crippen molar-refractivity contribution < 1.29 is 27.4 Å². The largest absolute Gasteiger partial charge is 0.489 e. The number of carbonyl (C=O) groups is 1. The highest BCUT2D eigenvalue weighted by atomic mass is 32.1. The number of likely N-dealkylation sites (tertiary alicyclic amines) is 1. The minimum Gasteiger partial charge on any atom is -0.489 e. The van der Waals surface area contributed by atoms with Crippen LogP contribution in [-0.2, 0) is 15.7 Å². The first-order valence-electron chi connectivity index (χ1n) is 7.13. The van der Waals surface area contributed by atoms with Gasteiger partial charge in [0, 0.05) is 12.1 Å². The molecule has 8 heteroatoms. The molecule has 1 heterocycles. The van der Waals surface area contributed by atoms with E-state index in [1.54, 1.807) is 4.90 Å². The molecule has 0 radical (unpaired) electrons. The van der Waals surface area contributed by atoms with Crippen LogP contribution in [0.15, 0.2) is 30.9 Å². The van der Waals surface area contributed by atoms with Crippen molar-refractivity contribution in [1.82, 2.24) is 4.90 Å². The van der Waals surface area contributed by atoms with Gasteiger partial charge in [0.1, 0.15) is 23.4 Å². The number of carbonyl (C=O) groups excluding carboxylic acids is 1. The van der Waals surface area contributed by atoms with Crippen molar-refractivity contribution >= 4 is 23.2 Å². The van der Waals surface area contributed by atoms with Crippen LogP contribution >= 0.6 is 12.2 Å². The second kappa shape index (κ2) is 7.21. The SMILES string of the molecule is C=CCOc1ccc(C(=S)N2CCC2C(=O)OC)cc1C(F)(F)F. The summed E-state index contributed by atoms with van der Waals surface area (Å²) < 4.78 is 49.4. The van der Waals surface area contributed by atoms with Crippen molar-refractivity contribution in [3.8, 4) is 5.75 Å². The summed E-state index contributed by atoms with van der Waals surface area (Å²) in [5.74, 6) is -0.743. The van der Waals surface area contributed by atoms with Crippen molar-refractivity contribution in [3.05, 3.63) is 42.0 Å². The molecule has 1 atom stereocenters. The van der Waals surface area contributed by atoms with Crippen molar-refractivity contribution in [3.63, 3.8) is 0 Å². The van der Waals surface area contributed by atoms with Gasteiger partial charge >= 0.3 is 12.1 Å².